The minimum Gasteiger partial charge on any atom is -0.365 e. The lowest BCUT2D eigenvalue weighted by molar-refractivity contribution is -0.115. The maximum absolute atomic E-state index is 12.7. The standard InChI is InChI=1S/C22H22N2O2S/c1-13-9-10-17-18(11-13)27-22(20(17)21(23)26)24-19(25)12-15-7-4-6-14-5-2-3-8-16(14)15/h2-8,13H,9-12H2,1H3,(H2,23,26)(H,24,25). The molecule has 1 heterocycles. The van der Waals surface area contributed by atoms with Gasteiger partial charge in [0.05, 0.1) is 12.0 Å². The maximum Gasteiger partial charge on any atom is 0.251 e. The highest BCUT2D eigenvalue weighted by Gasteiger charge is 2.27. The quantitative estimate of drug-likeness (QED) is 0.710. The van der Waals surface area contributed by atoms with Crippen molar-refractivity contribution in [3.63, 3.8) is 0 Å². The maximum atomic E-state index is 12.7. The van der Waals surface area contributed by atoms with E-state index in [1.807, 2.05) is 42.5 Å². The van der Waals surface area contributed by atoms with Crippen LogP contribution in [0.5, 0.6) is 0 Å². The largest absolute Gasteiger partial charge is 0.365 e. The molecule has 0 saturated carbocycles. The van der Waals surface area contributed by atoms with Gasteiger partial charge >= 0.3 is 0 Å². The summed E-state index contributed by atoms with van der Waals surface area (Å²) < 4.78 is 0. The third-order valence-corrected chi connectivity index (χ3v) is 6.41. The second kappa shape index (κ2) is 7.16. The van der Waals surface area contributed by atoms with Gasteiger partial charge in [0.15, 0.2) is 0 Å². The Bertz CT molecular complexity index is 1030. The van der Waals surface area contributed by atoms with Crippen LogP contribution in [0.3, 0.4) is 0 Å². The molecule has 3 aromatic rings. The summed E-state index contributed by atoms with van der Waals surface area (Å²) in [5, 5.41) is 5.75. The third kappa shape index (κ3) is 3.47. The Morgan fingerprint density at radius 2 is 1.96 bits per heavy atom. The summed E-state index contributed by atoms with van der Waals surface area (Å²) in [4.78, 5) is 25.9. The molecule has 1 aliphatic rings. The van der Waals surface area contributed by atoms with Crippen LogP contribution >= 0.6 is 11.3 Å². The molecule has 0 bridgehead atoms. The van der Waals surface area contributed by atoms with Crippen molar-refractivity contribution in [1.29, 1.82) is 0 Å². The van der Waals surface area contributed by atoms with Gasteiger partial charge in [-0.05, 0) is 47.1 Å². The van der Waals surface area contributed by atoms with Gasteiger partial charge in [-0.15, -0.1) is 11.3 Å². The highest BCUT2D eigenvalue weighted by Crippen LogP contribution is 2.39. The topological polar surface area (TPSA) is 72.2 Å². The molecule has 0 saturated heterocycles. The molecule has 4 rings (SSSR count). The van der Waals surface area contributed by atoms with Crippen LogP contribution in [0.4, 0.5) is 5.00 Å². The fraction of sp³-hybridized carbons (Fsp3) is 0.273. The zero-order valence-corrected chi connectivity index (χ0v) is 16.1. The van der Waals surface area contributed by atoms with Gasteiger partial charge in [0, 0.05) is 4.88 Å². The summed E-state index contributed by atoms with van der Waals surface area (Å²) in [6.07, 6.45) is 3.11. The number of hydrogen-bond acceptors (Lipinski definition) is 3. The average molecular weight is 378 g/mol. The van der Waals surface area contributed by atoms with Gasteiger partial charge in [0.1, 0.15) is 5.00 Å². The molecule has 1 aromatic heterocycles. The van der Waals surface area contributed by atoms with E-state index in [0.29, 0.717) is 16.5 Å². The van der Waals surface area contributed by atoms with Crippen LogP contribution in [0, 0.1) is 5.92 Å². The lowest BCUT2D eigenvalue weighted by Gasteiger charge is -2.18. The Kier molecular flexibility index (Phi) is 4.70. The monoisotopic (exact) mass is 378 g/mol. The van der Waals surface area contributed by atoms with E-state index in [-0.39, 0.29) is 12.3 Å². The molecule has 27 heavy (non-hydrogen) atoms. The molecule has 1 aliphatic carbocycles. The molecule has 4 nitrogen and oxygen atoms in total. The van der Waals surface area contributed by atoms with Gasteiger partial charge < -0.3 is 11.1 Å². The second-order valence-electron chi connectivity index (χ2n) is 7.28. The number of carbonyl (C=O) groups is 2. The normalized spacial score (nSPS) is 16.1. The van der Waals surface area contributed by atoms with Crippen LogP contribution in [0.1, 0.15) is 39.7 Å². The van der Waals surface area contributed by atoms with Crippen molar-refractivity contribution < 1.29 is 9.59 Å². The van der Waals surface area contributed by atoms with E-state index in [1.165, 1.54) is 16.2 Å². The molecule has 0 radical (unpaired) electrons. The number of nitrogens with one attached hydrogen (secondary N) is 1. The summed E-state index contributed by atoms with van der Waals surface area (Å²) in [7, 11) is 0. The van der Waals surface area contributed by atoms with E-state index in [0.717, 1.165) is 41.2 Å². The molecule has 0 spiro atoms. The Hall–Kier alpha value is -2.66. The van der Waals surface area contributed by atoms with E-state index >= 15 is 0 Å². The minimum absolute atomic E-state index is 0.125. The molecule has 138 valence electrons. The summed E-state index contributed by atoms with van der Waals surface area (Å²) >= 11 is 1.50. The number of benzene rings is 2. The second-order valence-corrected chi connectivity index (χ2v) is 8.39. The molecule has 0 aliphatic heterocycles. The SMILES string of the molecule is CC1CCc2c(sc(NC(=O)Cc3cccc4ccccc34)c2C(N)=O)C1. The minimum atomic E-state index is -0.456. The highest BCUT2D eigenvalue weighted by atomic mass is 32.1. The zero-order chi connectivity index (χ0) is 19.0. The van der Waals surface area contributed by atoms with Crippen LogP contribution in [0.2, 0.25) is 0 Å². The van der Waals surface area contributed by atoms with Gasteiger partial charge in [0.25, 0.3) is 5.91 Å². The van der Waals surface area contributed by atoms with Crippen molar-refractivity contribution in [3.05, 3.63) is 64.0 Å². The van der Waals surface area contributed by atoms with E-state index in [1.54, 1.807) is 0 Å². The van der Waals surface area contributed by atoms with Crippen molar-refractivity contribution in [2.24, 2.45) is 11.7 Å². The lowest BCUT2D eigenvalue weighted by Crippen LogP contribution is -2.20. The summed E-state index contributed by atoms with van der Waals surface area (Å²) in [5.74, 6) is 0.0131. The average Bonchev–Trinajstić information content (AvgIpc) is 2.98. The fourth-order valence-electron chi connectivity index (χ4n) is 3.89. The van der Waals surface area contributed by atoms with Gasteiger partial charge in [-0.1, -0.05) is 49.4 Å². The molecular formula is C22H22N2O2S. The fourth-order valence-corrected chi connectivity index (χ4v) is 5.32. The molecule has 2 aromatic carbocycles. The van der Waals surface area contributed by atoms with Crippen LogP contribution < -0.4 is 11.1 Å². The van der Waals surface area contributed by atoms with Crippen molar-refractivity contribution >= 4 is 38.9 Å². The Morgan fingerprint density at radius 1 is 1.19 bits per heavy atom. The number of hydrogen-bond donors (Lipinski definition) is 2. The number of primary amides is 1. The third-order valence-electron chi connectivity index (χ3n) is 5.24. The Morgan fingerprint density at radius 3 is 2.78 bits per heavy atom. The first-order chi connectivity index (χ1) is 13.0. The first-order valence-corrected chi connectivity index (χ1v) is 10.1. The number of nitrogens with two attached hydrogens (primary N) is 1. The number of thiophene rings is 1. The summed E-state index contributed by atoms with van der Waals surface area (Å²) in [5.41, 5.74) is 8.15. The van der Waals surface area contributed by atoms with E-state index in [9.17, 15) is 9.59 Å². The number of amides is 2. The zero-order valence-electron chi connectivity index (χ0n) is 15.2. The van der Waals surface area contributed by atoms with E-state index < -0.39 is 5.91 Å². The predicted octanol–water partition coefficient (Wildman–Crippen LogP) is 4.31. The van der Waals surface area contributed by atoms with Crippen molar-refractivity contribution in [2.45, 2.75) is 32.6 Å². The van der Waals surface area contributed by atoms with Crippen LogP contribution in [-0.2, 0) is 24.1 Å². The van der Waals surface area contributed by atoms with Gasteiger partial charge in [0.2, 0.25) is 5.91 Å². The van der Waals surface area contributed by atoms with Gasteiger partial charge in [-0.2, -0.15) is 0 Å². The predicted molar refractivity (Wildman–Crippen MR) is 110 cm³/mol. The highest BCUT2D eigenvalue weighted by molar-refractivity contribution is 7.17. The van der Waals surface area contributed by atoms with Crippen LogP contribution in [0.15, 0.2) is 42.5 Å². The molecule has 1 unspecified atom stereocenters. The lowest BCUT2D eigenvalue weighted by atomic mass is 9.88. The van der Waals surface area contributed by atoms with E-state index in [4.69, 9.17) is 5.73 Å². The summed E-state index contributed by atoms with van der Waals surface area (Å²) in [6, 6.07) is 14.0. The molecule has 5 heteroatoms. The molecule has 3 N–H and O–H groups in total. The molecular weight excluding hydrogens is 356 g/mol. The Labute approximate surface area is 162 Å². The molecule has 1 atom stereocenters. The smallest absolute Gasteiger partial charge is 0.251 e. The van der Waals surface area contributed by atoms with Crippen LogP contribution in [-0.4, -0.2) is 11.8 Å². The first-order valence-electron chi connectivity index (χ1n) is 9.23. The van der Waals surface area contributed by atoms with Crippen molar-refractivity contribution in [1.82, 2.24) is 0 Å². The number of fused-ring (bicyclic) bond motifs is 2. The van der Waals surface area contributed by atoms with Gasteiger partial charge in [-0.25, -0.2) is 0 Å². The van der Waals surface area contributed by atoms with Crippen molar-refractivity contribution in [3.8, 4) is 0 Å². The Balaban J connectivity index is 1.60. The van der Waals surface area contributed by atoms with Crippen molar-refractivity contribution in [2.75, 3.05) is 5.32 Å². The summed E-state index contributed by atoms with van der Waals surface area (Å²) in [6.45, 7) is 2.21. The molecule has 0 fully saturated rings. The molecule has 2 amide bonds. The number of anilines is 1. The number of carbonyl (C=O) groups excluding carboxylic acids is 2. The van der Waals surface area contributed by atoms with Gasteiger partial charge in [-0.3, -0.25) is 9.59 Å². The van der Waals surface area contributed by atoms with Crippen LogP contribution in [0.25, 0.3) is 10.8 Å². The van der Waals surface area contributed by atoms with E-state index in [2.05, 4.69) is 12.2 Å². The first kappa shape index (κ1) is 17.7. The number of rotatable bonds is 4.